The minimum Gasteiger partial charge on any atom is -0.367 e. The normalized spacial score (nSPS) is 16.2. The fourth-order valence-electron chi connectivity index (χ4n) is 4.36. The van der Waals surface area contributed by atoms with Crippen LogP contribution in [0, 0.1) is 0 Å². The van der Waals surface area contributed by atoms with Crippen molar-refractivity contribution < 1.29 is 4.79 Å². The molecule has 0 aromatic carbocycles. The molecule has 30 heavy (non-hydrogen) atoms. The van der Waals surface area contributed by atoms with E-state index in [1.54, 1.807) is 6.92 Å². The highest BCUT2D eigenvalue weighted by Crippen LogP contribution is 2.30. The van der Waals surface area contributed by atoms with Gasteiger partial charge in [-0.05, 0) is 31.4 Å². The van der Waals surface area contributed by atoms with E-state index >= 15 is 0 Å². The van der Waals surface area contributed by atoms with Gasteiger partial charge in [0.25, 0.3) is 0 Å². The van der Waals surface area contributed by atoms with Crippen LogP contribution in [0.15, 0.2) is 24.5 Å². The first-order valence-electron chi connectivity index (χ1n) is 10.9. The molecule has 2 aromatic heterocycles. The Labute approximate surface area is 178 Å². The highest BCUT2D eigenvalue weighted by atomic mass is 16.2. The summed E-state index contributed by atoms with van der Waals surface area (Å²) in [5, 5.41) is 3.25. The summed E-state index contributed by atoms with van der Waals surface area (Å²) in [6, 6.07) is 4.54. The number of hydrogen-bond donors (Lipinski definition) is 1. The predicted octanol–water partition coefficient (Wildman–Crippen LogP) is 2.83. The fourth-order valence-corrected chi connectivity index (χ4v) is 4.36. The first-order valence-corrected chi connectivity index (χ1v) is 10.9. The van der Waals surface area contributed by atoms with Crippen molar-refractivity contribution in [2.45, 2.75) is 46.1 Å². The van der Waals surface area contributed by atoms with E-state index < -0.39 is 0 Å². The number of nitrogens with one attached hydrogen (secondary N) is 1. The Kier molecular flexibility index (Phi) is 6.01. The molecular formula is C22H31N7O. The molecule has 160 valence electrons. The number of carbonyl (C=O) groups is 1. The van der Waals surface area contributed by atoms with Gasteiger partial charge in [0, 0.05) is 57.4 Å². The molecule has 4 rings (SSSR count). The second kappa shape index (κ2) is 8.85. The van der Waals surface area contributed by atoms with Crippen LogP contribution in [0.3, 0.4) is 0 Å². The maximum absolute atomic E-state index is 11.5. The number of nitrogens with zero attached hydrogens (tertiary/aromatic N) is 6. The van der Waals surface area contributed by atoms with Gasteiger partial charge in [0.15, 0.2) is 0 Å². The first-order chi connectivity index (χ1) is 14.6. The number of rotatable bonds is 6. The molecule has 1 fully saturated rings. The van der Waals surface area contributed by atoms with E-state index in [2.05, 4.69) is 45.0 Å². The summed E-state index contributed by atoms with van der Waals surface area (Å²) in [5.74, 6) is 2.51. The Bertz CT molecular complexity index is 874. The number of carbonyl (C=O) groups excluding carboxylic acids is 1. The van der Waals surface area contributed by atoms with Gasteiger partial charge in [0.05, 0.1) is 11.9 Å². The lowest BCUT2D eigenvalue weighted by Gasteiger charge is -2.35. The second-order valence-electron chi connectivity index (χ2n) is 7.98. The summed E-state index contributed by atoms with van der Waals surface area (Å²) in [4.78, 5) is 31.9. The number of fused-ring (bicyclic) bond motifs is 1. The van der Waals surface area contributed by atoms with Crippen molar-refractivity contribution >= 4 is 29.2 Å². The van der Waals surface area contributed by atoms with Gasteiger partial charge in [-0.2, -0.15) is 4.98 Å². The molecule has 0 bridgehead atoms. The highest BCUT2D eigenvalue weighted by Gasteiger charge is 2.26. The molecule has 0 saturated carbocycles. The van der Waals surface area contributed by atoms with Gasteiger partial charge in [-0.15, -0.1) is 0 Å². The van der Waals surface area contributed by atoms with E-state index in [0.29, 0.717) is 12.0 Å². The van der Waals surface area contributed by atoms with Crippen molar-refractivity contribution in [3.8, 4) is 0 Å². The van der Waals surface area contributed by atoms with E-state index in [4.69, 9.17) is 4.98 Å². The second-order valence-corrected chi connectivity index (χ2v) is 7.98. The molecule has 0 radical (unpaired) electrons. The molecular weight excluding hydrogens is 378 g/mol. The van der Waals surface area contributed by atoms with Crippen molar-refractivity contribution in [1.82, 2.24) is 19.9 Å². The third-order valence-corrected chi connectivity index (χ3v) is 6.20. The summed E-state index contributed by atoms with van der Waals surface area (Å²) in [5.41, 5.74) is 2.29. The van der Waals surface area contributed by atoms with Crippen molar-refractivity contribution in [3.63, 3.8) is 0 Å². The Morgan fingerprint density at radius 1 is 1.07 bits per heavy atom. The van der Waals surface area contributed by atoms with Crippen molar-refractivity contribution in [2.24, 2.45) is 0 Å². The van der Waals surface area contributed by atoms with E-state index in [9.17, 15) is 4.79 Å². The molecule has 1 amide bonds. The van der Waals surface area contributed by atoms with Gasteiger partial charge >= 0.3 is 0 Å². The lowest BCUT2D eigenvalue weighted by atomic mass is 10.1. The summed E-state index contributed by atoms with van der Waals surface area (Å²) in [6.07, 6.45) is 7.06. The average Bonchev–Trinajstić information content (AvgIpc) is 3.18. The minimum absolute atomic E-state index is 0.143. The largest absolute Gasteiger partial charge is 0.367 e. The predicted molar refractivity (Wildman–Crippen MR) is 119 cm³/mol. The van der Waals surface area contributed by atoms with Crippen LogP contribution >= 0.6 is 0 Å². The standard InChI is InChI=1S/C22H31N7O/c1-4-18(5-2)29-9-8-17-14-24-22(26-21(17)29)25-20-7-6-19(15-23-20)28-12-10-27(11-13-28)16(3)30/h6-7,14-15,18H,4-5,8-13H2,1-3H3,(H,23,24,25,26). The molecule has 8 heteroatoms. The van der Waals surface area contributed by atoms with E-state index in [1.165, 1.54) is 5.56 Å². The Morgan fingerprint density at radius 3 is 2.47 bits per heavy atom. The number of anilines is 4. The van der Waals surface area contributed by atoms with Crippen molar-refractivity contribution in [1.29, 1.82) is 0 Å². The van der Waals surface area contributed by atoms with Crippen LogP contribution in [0.2, 0.25) is 0 Å². The van der Waals surface area contributed by atoms with Gasteiger partial charge in [0.1, 0.15) is 11.6 Å². The lowest BCUT2D eigenvalue weighted by Crippen LogP contribution is -2.48. The molecule has 2 aliphatic heterocycles. The van der Waals surface area contributed by atoms with Crippen LogP contribution in [-0.2, 0) is 11.2 Å². The van der Waals surface area contributed by atoms with Gasteiger partial charge in [-0.25, -0.2) is 9.97 Å². The molecule has 4 heterocycles. The Hall–Kier alpha value is -2.90. The van der Waals surface area contributed by atoms with Gasteiger partial charge in [0.2, 0.25) is 11.9 Å². The highest BCUT2D eigenvalue weighted by molar-refractivity contribution is 5.73. The van der Waals surface area contributed by atoms with E-state index in [1.807, 2.05) is 23.4 Å². The quantitative estimate of drug-likeness (QED) is 0.786. The summed E-state index contributed by atoms with van der Waals surface area (Å²) in [7, 11) is 0. The van der Waals surface area contributed by atoms with Crippen LogP contribution < -0.4 is 15.1 Å². The van der Waals surface area contributed by atoms with Crippen LogP contribution in [-0.4, -0.2) is 64.5 Å². The molecule has 0 unspecified atom stereocenters. The molecule has 1 saturated heterocycles. The zero-order valence-corrected chi connectivity index (χ0v) is 18.1. The molecule has 0 aliphatic carbocycles. The molecule has 2 aliphatic rings. The maximum atomic E-state index is 11.5. The number of hydrogen-bond acceptors (Lipinski definition) is 7. The first kappa shape index (κ1) is 20.4. The van der Waals surface area contributed by atoms with Crippen molar-refractivity contribution in [2.75, 3.05) is 47.8 Å². The zero-order valence-electron chi connectivity index (χ0n) is 18.1. The van der Waals surface area contributed by atoms with E-state index in [0.717, 1.165) is 69.3 Å². The number of aromatic nitrogens is 3. The smallest absolute Gasteiger partial charge is 0.230 e. The van der Waals surface area contributed by atoms with Crippen LogP contribution in [0.25, 0.3) is 0 Å². The minimum atomic E-state index is 0.143. The summed E-state index contributed by atoms with van der Waals surface area (Å²) in [6.45, 7) is 10.3. The van der Waals surface area contributed by atoms with Crippen LogP contribution in [0.4, 0.5) is 23.3 Å². The molecule has 1 N–H and O–H groups in total. The third kappa shape index (κ3) is 4.17. The van der Waals surface area contributed by atoms with E-state index in [-0.39, 0.29) is 5.91 Å². The molecule has 2 aromatic rings. The Morgan fingerprint density at radius 2 is 1.83 bits per heavy atom. The van der Waals surface area contributed by atoms with Gasteiger partial charge in [-0.1, -0.05) is 13.8 Å². The molecule has 0 atom stereocenters. The lowest BCUT2D eigenvalue weighted by molar-refractivity contribution is -0.129. The van der Waals surface area contributed by atoms with Crippen molar-refractivity contribution in [3.05, 3.63) is 30.1 Å². The maximum Gasteiger partial charge on any atom is 0.230 e. The average molecular weight is 410 g/mol. The number of amides is 1. The SMILES string of the molecule is CCC(CC)N1CCc2cnc(Nc3ccc(N4CCN(C(C)=O)CC4)cn3)nc21. The molecule has 0 spiro atoms. The topological polar surface area (TPSA) is 77.5 Å². The van der Waals surface area contributed by atoms with Gasteiger partial charge < -0.3 is 20.0 Å². The van der Waals surface area contributed by atoms with Crippen LogP contribution in [0.1, 0.15) is 39.2 Å². The third-order valence-electron chi connectivity index (χ3n) is 6.20. The van der Waals surface area contributed by atoms with Crippen LogP contribution in [0.5, 0.6) is 0 Å². The van der Waals surface area contributed by atoms with Gasteiger partial charge in [-0.3, -0.25) is 4.79 Å². The summed E-state index contributed by atoms with van der Waals surface area (Å²) >= 11 is 0. The summed E-state index contributed by atoms with van der Waals surface area (Å²) < 4.78 is 0. The Balaban J connectivity index is 1.42. The fraction of sp³-hybridized carbons (Fsp3) is 0.545. The monoisotopic (exact) mass is 409 g/mol. The number of piperazine rings is 1. The zero-order chi connectivity index (χ0) is 21.1. The molecule has 8 nitrogen and oxygen atoms in total. The number of pyridine rings is 1.